The third-order valence-electron chi connectivity index (χ3n) is 3.05. The molecule has 0 aliphatic rings. The summed E-state index contributed by atoms with van der Waals surface area (Å²) in [7, 11) is 3.42. The monoisotopic (exact) mass is 338 g/mol. The van der Waals surface area contributed by atoms with Crippen molar-refractivity contribution in [3.63, 3.8) is 0 Å². The predicted octanol–water partition coefficient (Wildman–Crippen LogP) is 3.82. The van der Waals surface area contributed by atoms with Gasteiger partial charge in [-0.15, -0.1) is 0 Å². The number of nitrogens with zero attached hydrogens (tertiary/aromatic N) is 1. The third-order valence-corrected chi connectivity index (χ3v) is 3.54. The highest BCUT2D eigenvalue weighted by atomic mass is 79.9. The van der Waals surface area contributed by atoms with Crippen LogP contribution in [0.25, 0.3) is 0 Å². The van der Waals surface area contributed by atoms with E-state index in [2.05, 4.69) is 15.9 Å². The number of nitrogen functional groups attached to an aromatic ring is 1. The van der Waals surface area contributed by atoms with Gasteiger partial charge in [-0.2, -0.15) is 0 Å². The van der Waals surface area contributed by atoms with Crippen LogP contribution in [0.1, 0.15) is 5.56 Å². The highest BCUT2D eigenvalue weighted by Gasteiger charge is 2.13. The Morgan fingerprint density at radius 1 is 1.30 bits per heavy atom. The number of hydrogen-bond acceptors (Lipinski definition) is 3. The van der Waals surface area contributed by atoms with Crippen LogP contribution in [-0.4, -0.2) is 14.2 Å². The van der Waals surface area contributed by atoms with E-state index < -0.39 is 0 Å². The van der Waals surface area contributed by atoms with E-state index in [1.165, 1.54) is 6.07 Å². The molecule has 2 N–H and O–H groups in total. The van der Waals surface area contributed by atoms with E-state index in [0.29, 0.717) is 17.9 Å². The van der Waals surface area contributed by atoms with Crippen molar-refractivity contribution in [2.24, 2.45) is 0 Å². The van der Waals surface area contributed by atoms with Crippen LogP contribution in [0.2, 0.25) is 0 Å². The molecule has 0 aliphatic heterocycles. The number of rotatable bonds is 4. The fourth-order valence-corrected chi connectivity index (χ4v) is 2.55. The lowest BCUT2D eigenvalue weighted by molar-refractivity contribution is 0.409. The molecule has 0 saturated carbocycles. The van der Waals surface area contributed by atoms with Crippen molar-refractivity contribution in [1.29, 1.82) is 0 Å². The molecule has 0 bridgehead atoms. The molecule has 5 heteroatoms. The Hall–Kier alpha value is -1.75. The summed E-state index contributed by atoms with van der Waals surface area (Å²) in [5, 5.41) is 0. The lowest BCUT2D eigenvalue weighted by Crippen LogP contribution is -2.19. The first-order chi connectivity index (χ1) is 9.52. The lowest BCUT2D eigenvalue weighted by atomic mass is 10.1. The minimum absolute atomic E-state index is 0.332. The normalized spacial score (nSPS) is 10.4. The molecule has 3 nitrogen and oxygen atoms in total. The number of hydrogen-bond donors (Lipinski definition) is 1. The van der Waals surface area contributed by atoms with E-state index >= 15 is 0 Å². The van der Waals surface area contributed by atoms with Crippen molar-refractivity contribution in [1.82, 2.24) is 0 Å². The molecular formula is C15H16BrFN2O. The molecule has 0 fully saturated rings. The van der Waals surface area contributed by atoms with Crippen LogP contribution in [-0.2, 0) is 6.54 Å². The van der Waals surface area contributed by atoms with E-state index in [0.717, 1.165) is 15.8 Å². The van der Waals surface area contributed by atoms with Gasteiger partial charge >= 0.3 is 0 Å². The SMILES string of the molecule is COc1ccc(Br)cc1CN(C)c1c(N)cccc1F. The van der Waals surface area contributed by atoms with Crippen LogP contribution >= 0.6 is 15.9 Å². The van der Waals surface area contributed by atoms with Gasteiger partial charge in [-0.3, -0.25) is 0 Å². The van der Waals surface area contributed by atoms with Crippen LogP contribution in [0.3, 0.4) is 0 Å². The topological polar surface area (TPSA) is 38.5 Å². The maximum absolute atomic E-state index is 13.9. The fourth-order valence-electron chi connectivity index (χ4n) is 2.14. The summed E-state index contributed by atoms with van der Waals surface area (Å²) in [4.78, 5) is 1.77. The Balaban J connectivity index is 2.32. The molecule has 0 spiro atoms. The molecule has 0 aliphatic carbocycles. The highest BCUT2D eigenvalue weighted by molar-refractivity contribution is 9.10. The zero-order valence-electron chi connectivity index (χ0n) is 11.4. The van der Waals surface area contributed by atoms with Crippen molar-refractivity contribution < 1.29 is 9.13 Å². The van der Waals surface area contributed by atoms with Crippen LogP contribution in [0, 0.1) is 5.82 Å². The van der Waals surface area contributed by atoms with Crippen LogP contribution in [0.5, 0.6) is 5.75 Å². The third kappa shape index (κ3) is 3.04. The Labute approximate surface area is 126 Å². The maximum Gasteiger partial charge on any atom is 0.148 e. The smallest absolute Gasteiger partial charge is 0.148 e. The van der Waals surface area contributed by atoms with Crippen molar-refractivity contribution >= 4 is 27.3 Å². The number of methoxy groups -OCH3 is 1. The van der Waals surface area contributed by atoms with E-state index in [-0.39, 0.29) is 5.82 Å². The predicted molar refractivity (Wildman–Crippen MR) is 83.6 cm³/mol. The molecule has 0 atom stereocenters. The van der Waals surface area contributed by atoms with E-state index in [4.69, 9.17) is 10.5 Å². The summed E-state index contributed by atoms with van der Waals surface area (Å²) in [5.74, 6) is 0.427. The zero-order valence-corrected chi connectivity index (χ0v) is 12.9. The lowest BCUT2D eigenvalue weighted by Gasteiger charge is -2.23. The standard InChI is InChI=1S/C15H16BrFN2O/c1-19(15-12(17)4-3-5-13(15)18)9-10-8-11(16)6-7-14(10)20-2/h3-8H,9,18H2,1-2H3. The molecule has 0 unspecified atom stereocenters. The number of ether oxygens (including phenoxy) is 1. The first-order valence-corrected chi connectivity index (χ1v) is 6.89. The molecule has 2 rings (SSSR count). The van der Waals surface area contributed by atoms with Crippen LogP contribution < -0.4 is 15.4 Å². The second-order valence-corrected chi connectivity index (χ2v) is 5.41. The van der Waals surface area contributed by atoms with Crippen LogP contribution in [0.4, 0.5) is 15.8 Å². The van der Waals surface area contributed by atoms with Gasteiger partial charge in [0.05, 0.1) is 18.5 Å². The van der Waals surface area contributed by atoms with Gasteiger partial charge in [0.2, 0.25) is 0 Å². The Morgan fingerprint density at radius 3 is 2.70 bits per heavy atom. The Kier molecular flexibility index (Phi) is 4.49. The summed E-state index contributed by atoms with van der Waals surface area (Å²) in [5.41, 5.74) is 7.62. The second-order valence-electron chi connectivity index (χ2n) is 4.49. The number of para-hydroxylation sites is 1. The zero-order chi connectivity index (χ0) is 14.7. The summed E-state index contributed by atoms with van der Waals surface area (Å²) in [6, 6.07) is 10.4. The minimum Gasteiger partial charge on any atom is -0.496 e. The number of nitrogens with two attached hydrogens (primary N) is 1. The molecule has 0 heterocycles. The quantitative estimate of drug-likeness (QED) is 0.861. The average molecular weight is 339 g/mol. The molecule has 0 saturated heterocycles. The molecule has 2 aromatic carbocycles. The first-order valence-electron chi connectivity index (χ1n) is 6.10. The largest absolute Gasteiger partial charge is 0.496 e. The molecule has 0 radical (unpaired) electrons. The summed E-state index contributed by atoms with van der Waals surface area (Å²) >= 11 is 3.43. The van der Waals surface area contributed by atoms with Gasteiger partial charge < -0.3 is 15.4 Å². The van der Waals surface area contributed by atoms with Gasteiger partial charge in [-0.05, 0) is 30.3 Å². The number of benzene rings is 2. The van der Waals surface area contributed by atoms with Gasteiger partial charge in [0.15, 0.2) is 0 Å². The second kappa shape index (κ2) is 6.13. The van der Waals surface area contributed by atoms with Crippen molar-refractivity contribution in [2.75, 3.05) is 24.8 Å². The van der Waals surface area contributed by atoms with Gasteiger partial charge in [0.25, 0.3) is 0 Å². The number of halogens is 2. The van der Waals surface area contributed by atoms with Crippen LogP contribution in [0.15, 0.2) is 40.9 Å². The van der Waals surface area contributed by atoms with E-state index in [9.17, 15) is 4.39 Å². The maximum atomic E-state index is 13.9. The molecule has 0 amide bonds. The molecular weight excluding hydrogens is 323 g/mol. The Bertz CT molecular complexity index is 599. The highest BCUT2D eigenvalue weighted by Crippen LogP contribution is 2.30. The van der Waals surface area contributed by atoms with Crippen molar-refractivity contribution in [3.05, 3.63) is 52.3 Å². The van der Waals surface area contributed by atoms with Gasteiger partial charge in [-0.25, -0.2) is 4.39 Å². The fraction of sp³-hybridized carbons (Fsp3) is 0.200. The summed E-state index contributed by atoms with van der Waals surface area (Å²) in [6.45, 7) is 0.494. The molecule has 2 aromatic rings. The van der Waals surface area contributed by atoms with Crippen molar-refractivity contribution in [3.8, 4) is 5.75 Å². The minimum atomic E-state index is -0.332. The summed E-state index contributed by atoms with van der Waals surface area (Å²) in [6.07, 6.45) is 0. The number of anilines is 2. The molecule has 0 aromatic heterocycles. The Morgan fingerprint density at radius 2 is 2.05 bits per heavy atom. The molecule has 20 heavy (non-hydrogen) atoms. The van der Waals surface area contributed by atoms with Gasteiger partial charge in [-0.1, -0.05) is 22.0 Å². The van der Waals surface area contributed by atoms with Crippen molar-refractivity contribution in [2.45, 2.75) is 6.54 Å². The first kappa shape index (κ1) is 14.7. The van der Waals surface area contributed by atoms with E-state index in [1.54, 1.807) is 31.2 Å². The summed E-state index contributed by atoms with van der Waals surface area (Å²) < 4.78 is 20.2. The van der Waals surface area contributed by atoms with Gasteiger partial charge in [0, 0.05) is 23.6 Å². The van der Waals surface area contributed by atoms with Gasteiger partial charge in [0.1, 0.15) is 11.6 Å². The average Bonchev–Trinajstić information content (AvgIpc) is 2.38. The van der Waals surface area contributed by atoms with E-state index in [1.807, 2.05) is 18.2 Å². The molecule has 106 valence electrons.